The molecule has 0 bridgehead atoms. The van der Waals surface area contributed by atoms with Crippen molar-refractivity contribution in [2.24, 2.45) is 0 Å². The second kappa shape index (κ2) is 5.89. The third-order valence-electron chi connectivity index (χ3n) is 4.32. The van der Waals surface area contributed by atoms with Crippen molar-refractivity contribution in [3.8, 4) is 0 Å². The van der Waals surface area contributed by atoms with E-state index in [9.17, 15) is 40.5 Å². The molecule has 0 aliphatic heterocycles. The first-order valence-corrected chi connectivity index (χ1v) is 6.91. The Morgan fingerprint density at radius 3 is 1.80 bits per heavy atom. The normalized spacial score (nSPS) is 19.1. The summed E-state index contributed by atoms with van der Waals surface area (Å²) < 4.78 is 0. The number of fused-ring (bicyclic) bond motifs is 1. The molecule has 1 aromatic carbocycles. The fourth-order valence-electron chi connectivity index (χ4n) is 2.94. The Labute approximate surface area is 139 Å². The van der Waals surface area contributed by atoms with Gasteiger partial charge in [-0.3, -0.25) is 40.5 Å². The molecule has 0 aromatic heterocycles. The van der Waals surface area contributed by atoms with Crippen LogP contribution in [0.4, 0.5) is 0 Å². The first-order valence-electron chi connectivity index (χ1n) is 6.91. The molecular weight excluding hydrogens is 340 g/mol. The second-order valence-corrected chi connectivity index (χ2v) is 5.64. The van der Waals surface area contributed by atoms with Crippen LogP contribution < -0.4 is 0 Å². The number of benzene rings is 1. The molecule has 0 N–H and O–H groups in total. The molecule has 0 heterocycles. The van der Waals surface area contributed by atoms with Crippen LogP contribution in [0.2, 0.25) is 0 Å². The Morgan fingerprint density at radius 2 is 1.36 bits per heavy atom. The van der Waals surface area contributed by atoms with Crippen molar-refractivity contribution in [1.82, 2.24) is 0 Å². The molecule has 0 spiro atoms. The monoisotopic (exact) mass is 352 g/mol. The van der Waals surface area contributed by atoms with Gasteiger partial charge in [0.25, 0.3) is 12.0 Å². The molecule has 132 valence electrons. The van der Waals surface area contributed by atoms with Gasteiger partial charge in [-0.1, -0.05) is 18.2 Å². The first-order chi connectivity index (χ1) is 11.5. The van der Waals surface area contributed by atoms with E-state index in [1.165, 1.54) is 18.2 Å². The summed E-state index contributed by atoms with van der Waals surface area (Å²) in [6, 6.07) is 0.825. The van der Waals surface area contributed by atoms with Crippen LogP contribution in [-0.2, 0) is 0 Å². The van der Waals surface area contributed by atoms with Gasteiger partial charge in [0.15, 0.2) is 14.8 Å². The van der Waals surface area contributed by atoms with E-state index in [1.54, 1.807) is 13.8 Å². The smallest absolute Gasteiger partial charge is 0.264 e. The summed E-state index contributed by atoms with van der Waals surface area (Å²) in [6.07, 6.45) is 2.20. The zero-order valence-electron chi connectivity index (χ0n) is 13.0. The summed E-state index contributed by atoms with van der Waals surface area (Å²) in [5, 5.41) is 45.6. The number of hydrogen-bond acceptors (Lipinski definition) is 8. The van der Waals surface area contributed by atoms with Crippen LogP contribution in [0.5, 0.6) is 0 Å². The van der Waals surface area contributed by atoms with Gasteiger partial charge in [-0.15, -0.1) is 0 Å². The Kier molecular flexibility index (Phi) is 4.22. The largest absolute Gasteiger partial charge is 0.714 e. The molecule has 0 saturated heterocycles. The van der Waals surface area contributed by atoms with Crippen molar-refractivity contribution in [2.45, 2.75) is 31.6 Å². The van der Waals surface area contributed by atoms with E-state index in [4.69, 9.17) is 0 Å². The standard InChI is InChI=1S/C13H12N4O8/c1-7-5-9-3-4-11(14(18)19)12(10(9)6-8(7)2)13(15(20)21,16(22)23)17(24)25/h3-6,11-12H,1-2H3/t11-,12-/m0/s1. The second-order valence-electron chi connectivity index (χ2n) is 5.64. The van der Waals surface area contributed by atoms with Gasteiger partial charge in [-0.2, -0.15) is 0 Å². The minimum Gasteiger partial charge on any atom is -0.264 e. The van der Waals surface area contributed by atoms with Crippen LogP contribution in [0, 0.1) is 54.3 Å². The van der Waals surface area contributed by atoms with Gasteiger partial charge in [-0.25, -0.2) is 0 Å². The summed E-state index contributed by atoms with van der Waals surface area (Å²) >= 11 is 0. The zero-order chi connectivity index (χ0) is 19.1. The SMILES string of the molecule is Cc1cc2c(cc1C)[C@H](C([N+](=O)[O-])([N+](=O)[O-])[N+](=O)[O-])[C@@H]([N+](=O)[O-])C=C2. The average Bonchev–Trinajstić information content (AvgIpc) is 2.48. The molecule has 25 heavy (non-hydrogen) atoms. The maximum absolute atomic E-state index is 11.4. The Bertz CT molecular complexity index is 798. The topological polar surface area (TPSA) is 173 Å². The molecule has 1 aromatic rings. The molecule has 0 amide bonds. The molecule has 0 fully saturated rings. The maximum Gasteiger partial charge on any atom is 0.714 e. The highest BCUT2D eigenvalue weighted by Gasteiger charge is 2.81. The van der Waals surface area contributed by atoms with E-state index >= 15 is 0 Å². The molecule has 12 nitrogen and oxygen atoms in total. The van der Waals surface area contributed by atoms with Gasteiger partial charge in [0, 0.05) is 4.92 Å². The minimum atomic E-state index is -3.97. The van der Waals surface area contributed by atoms with Crippen molar-refractivity contribution < 1.29 is 19.7 Å². The lowest BCUT2D eigenvalue weighted by Gasteiger charge is -2.25. The van der Waals surface area contributed by atoms with Crippen LogP contribution in [0.3, 0.4) is 0 Å². The molecular formula is C13H12N4O8. The highest BCUT2D eigenvalue weighted by Crippen LogP contribution is 2.42. The Hall–Kier alpha value is -3.44. The predicted octanol–water partition coefficient (Wildman–Crippen LogP) is 1.54. The van der Waals surface area contributed by atoms with Crippen molar-refractivity contribution in [2.75, 3.05) is 0 Å². The third kappa shape index (κ3) is 2.47. The van der Waals surface area contributed by atoms with Crippen molar-refractivity contribution >= 4 is 6.08 Å². The van der Waals surface area contributed by atoms with Crippen LogP contribution in [0.25, 0.3) is 6.08 Å². The van der Waals surface area contributed by atoms with E-state index < -0.39 is 37.4 Å². The summed E-state index contributed by atoms with van der Waals surface area (Å²) in [7, 11) is 0. The van der Waals surface area contributed by atoms with Crippen LogP contribution >= 0.6 is 0 Å². The Morgan fingerprint density at radius 1 is 0.880 bits per heavy atom. The summed E-state index contributed by atoms with van der Waals surface area (Å²) in [6.45, 7) is 3.30. The van der Waals surface area contributed by atoms with Gasteiger partial charge in [0.1, 0.15) is 0 Å². The first kappa shape index (κ1) is 17.9. The lowest BCUT2D eigenvalue weighted by atomic mass is 9.78. The summed E-state index contributed by atoms with van der Waals surface area (Å²) in [5.74, 6) is -6.18. The molecule has 0 saturated carbocycles. The van der Waals surface area contributed by atoms with Gasteiger partial charge in [0.05, 0.1) is 0 Å². The van der Waals surface area contributed by atoms with Crippen molar-refractivity contribution in [3.63, 3.8) is 0 Å². The maximum atomic E-state index is 11.4. The van der Waals surface area contributed by atoms with Gasteiger partial charge in [0.2, 0.25) is 0 Å². The highest BCUT2D eigenvalue weighted by molar-refractivity contribution is 5.61. The quantitative estimate of drug-likeness (QED) is 0.436. The molecule has 2 atom stereocenters. The molecule has 1 aliphatic rings. The number of nitro groups is 4. The van der Waals surface area contributed by atoms with E-state index in [0.29, 0.717) is 5.56 Å². The zero-order valence-corrected chi connectivity index (χ0v) is 13.0. The third-order valence-corrected chi connectivity index (χ3v) is 4.32. The molecule has 0 unspecified atom stereocenters. The highest BCUT2D eigenvalue weighted by atomic mass is 16.7. The lowest BCUT2D eigenvalue weighted by molar-refractivity contribution is -0.976. The van der Waals surface area contributed by atoms with Crippen molar-refractivity contribution in [3.05, 3.63) is 80.9 Å². The molecule has 2 rings (SSSR count). The van der Waals surface area contributed by atoms with E-state index in [2.05, 4.69) is 0 Å². The van der Waals surface area contributed by atoms with Gasteiger partial charge in [-0.05, 0) is 42.2 Å². The molecule has 1 aliphatic carbocycles. The van der Waals surface area contributed by atoms with E-state index in [1.807, 2.05) is 0 Å². The average molecular weight is 352 g/mol. The van der Waals surface area contributed by atoms with Crippen LogP contribution in [0.15, 0.2) is 18.2 Å². The minimum absolute atomic E-state index is 0.169. The number of nitrogens with zero attached hydrogens (tertiary/aromatic N) is 4. The number of hydrogen-bond donors (Lipinski definition) is 0. The lowest BCUT2D eigenvalue weighted by Crippen LogP contribution is -2.61. The van der Waals surface area contributed by atoms with E-state index in [0.717, 1.165) is 11.6 Å². The fourth-order valence-corrected chi connectivity index (χ4v) is 2.94. The predicted molar refractivity (Wildman–Crippen MR) is 82.2 cm³/mol. The molecule has 12 heteroatoms. The van der Waals surface area contributed by atoms with Crippen molar-refractivity contribution in [1.29, 1.82) is 0 Å². The van der Waals surface area contributed by atoms with Crippen LogP contribution in [-0.4, -0.2) is 31.5 Å². The summed E-state index contributed by atoms with van der Waals surface area (Å²) in [5.41, 5.74) is 1.35. The van der Waals surface area contributed by atoms with Crippen LogP contribution in [0.1, 0.15) is 28.2 Å². The Balaban J connectivity index is 2.91. The molecule has 0 radical (unpaired) electrons. The number of rotatable bonds is 5. The summed E-state index contributed by atoms with van der Waals surface area (Å²) in [4.78, 5) is 39.5. The fraction of sp³-hybridized carbons (Fsp3) is 0.385. The van der Waals surface area contributed by atoms with Gasteiger partial charge >= 0.3 is 5.79 Å². The van der Waals surface area contributed by atoms with Gasteiger partial charge < -0.3 is 0 Å². The van der Waals surface area contributed by atoms with E-state index in [-0.39, 0.29) is 11.1 Å². The number of aryl methyl sites for hydroxylation is 2.